The first kappa shape index (κ1) is 122. The van der Waals surface area contributed by atoms with E-state index in [1.54, 1.807) is 6.07 Å². The van der Waals surface area contributed by atoms with Crippen molar-refractivity contribution in [1.82, 2.24) is 0 Å². The van der Waals surface area contributed by atoms with Crippen LogP contribution in [0.2, 0.25) is 0 Å². The Morgan fingerprint density at radius 1 is 0.358 bits per heavy atom. The number of halogens is 14. The number of hydrogen-bond acceptors (Lipinski definition) is 42. The number of fused-ring (bicyclic) bond motifs is 1. The molecule has 0 spiro atoms. The summed E-state index contributed by atoms with van der Waals surface area (Å²) in [5, 5.41) is -4.70. The number of carboxylic acids is 1. The molecule has 3 aromatic carbocycles. The van der Waals surface area contributed by atoms with Gasteiger partial charge in [-0.25, -0.2) is 78.1 Å². The van der Waals surface area contributed by atoms with Gasteiger partial charge in [-0.3, -0.25) is 28.8 Å². The lowest BCUT2D eigenvalue weighted by molar-refractivity contribution is -0.196. The maximum Gasteiger partial charge on any atom is 0.370 e. The van der Waals surface area contributed by atoms with Crippen molar-refractivity contribution in [2.75, 3.05) is 0 Å². The van der Waals surface area contributed by atoms with Crippen molar-refractivity contribution < 1.29 is 258 Å². The summed E-state index contributed by atoms with van der Waals surface area (Å²) in [5.74, 6) is -11.2. The molecule has 64 heteroatoms. The van der Waals surface area contributed by atoms with E-state index in [0.717, 1.165) is 63.3 Å². The lowest BCUT2D eigenvalue weighted by Gasteiger charge is -2.57. The Morgan fingerprint density at radius 3 is 0.986 bits per heavy atom. The third-order valence-electron chi connectivity index (χ3n) is 27.8. The molecule has 0 radical (unpaired) electrons. The topological polar surface area (TPSA) is 715 Å². The van der Waals surface area contributed by atoms with Crippen LogP contribution in [0.3, 0.4) is 0 Å². The number of esters is 8. The van der Waals surface area contributed by atoms with Gasteiger partial charge in [-0.05, 0) is 229 Å². The third kappa shape index (κ3) is 25.7. The fourth-order valence-electron chi connectivity index (χ4n) is 21.0. The number of Topliss-reactive ketones (excluding diaryl/α,β-unsaturated/α-hetero) is 1. The van der Waals surface area contributed by atoms with E-state index in [1.807, 2.05) is 0 Å². The van der Waals surface area contributed by atoms with Crippen LogP contribution in [-0.2, 0) is 142 Å². The third-order valence-corrected chi connectivity index (χ3v) is 34.8. The Hall–Kier alpha value is -9.33. The molecule has 3 N–H and O–H groups in total. The number of aromatic carboxylic acids is 1. The Balaban J connectivity index is 0.000000192. The molecule has 834 valence electrons. The summed E-state index contributed by atoms with van der Waals surface area (Å²) in [5.41, 5.74) is -4.20. The van der Waals surface area contributed by atoms with Crippen LogP contribution >= 0.6 is 0 Å². The van der Waals surface area contributed by atoms with E-state index in [-0.39, 0.29) is 66.1 Å². The van der Waals surface area contributed by atoms with Crippen LogP contribution in [-0.4, -0.2) is 270 Å². The van der Waals surface area contributed by atoms with Gasteiger partial charge in [-0.2, -0.15) is 61.5 Å². The standard InChI is InChI=1S/C14H20F2O6S.C14H18F2O6S.C14H20F2O5S.C11H12F2O8S.C11H10F2O7S.C10H10F2O6S.C10H10F2O5S/c2*1-7(14(15,16)23(19,20)21)22-12(18)13-4-8-2-9(5-13)11(17)10(3-8)6-13;1-8(14(15,16)22(18,19)20)21-12(17)13-5-9-2-10(6-13)4-11(3-9)7-13;1-3(11(12,13)22(16,17)18)19-9(14)6-4-2-5-8(20-4)7(6)10(15)21-5;1-6(11(12,13)21(17,18)19)20-10(16)8-5-3-2-4-7(8)9(14)15;1-6(10(11,12)19(15,16)17)18-9(14)7-4-2-3-5-8(7)13;1-7(10(11,12)18(14,15)16)17-9(13)8-5-3-2-4-6-8/h7-11,17H,2-6H2,1H3,(H,19,20,21);7-10H,2-6H2,1H3,(H,19,20,21);8-11H,2-7H2,1H3,(H,18,19,20);3-8H,2H2,1H3,(H,16,17,18);2-6H,1H3,(H,14,15)(H,17,18,19);2-6,13H,1H3,(H,15,16,17);2-7H,1H3,(H,14,15,16)/p-7. The molecule has 0 aromatic heterocycles. The summed E-state index contributed by atoms with van der Waals surface area (Å²) >= 11 is 0. The molecule has 43 nitrogen and oxygen atoms in total. The zero-order valence-corrected chi connectivity index (χ0v) is 83.3. The maximum absolute atomic E-state index is 13.5. The SMILES string of the molecule is CC(OC(=O)C12CC3CC(C1)C(=O)C(C3)C2)C(F)(F)S(=O)(=O)[O-].CC(OC(=O)C12CC3CC(C1)C(O)C(C3)C2)C(F)(F)S(=O)(=O)[O-].CC(OC(=O)C12CC3CC(CC(C3)C1)C2)C(F)(F)S(=O)(=O)[O-].CC(OC(=O)C1C2CC3OC(=O)C1C3O2)C(F)(F)S(=O)(=O)[O-].CC(OC(=O)c1ccccc1)C(F)(F)S(=O)(=O)[O-].CC(OC(=O)c1ccccc1C(=O)O)C(F)(F)S(=O)(=O)[O-].CC(OC(=O)c1ccccc1O)C(F)(F)S(=O)(=O)[O-]. The van der Waals surface area contributed by atoms with Gasteiger partial charge in [0.25, 0.3) is 0 Å². The second kappa shape index (κ2) is 43.7. The quantitative estimate of drug-likeness (QED) is 0.0257. The molecule has 12 aliphatic carbocycles. The first-order valence-corrected chi connectivity index (χ1v) is 54.1. The van der Waals surface area contributed by atoms with Gasteiger partial charge < -0.3 is 89.8 Å². The number of aliphatic hydroxyl groups excluding tert-OH is 1. The number of carbonyl (C=O) groups excluding carboxylic acids is 9. The zero-order valence-electron chi connectivity index (χ0n) is 77.5. The van der Waals surface area contributed by atoms with Gasteiger partial charge in [0.15, 0.2) is 114 Å². The molecule has 16 unspecified atom stereocenters. The van der Waals surface area contributed by atoms with Crippen molar-refractivity contribution in [2.45, 2.75) is 262 Å². The Labute approximate surface area is 833 Å². The number of ketones is 1. The van der Waals surface area contributed by atoms with Crippen molar-refractivity contribution in [3.63, 3.8) is 0 Å². The first-order chi connectivity index (χ1) is 67.2. The number of aromatic hydroxyl groups is 1. The molecule has 12 saturated carbocycles. The van der Waals surface area contributed by atoms with Gasteiger partial charge >= 0.3 is 90.5 Å². The van der Waals surface area contributed by atoms with Gasteiger partial charge in [-0.1, -0.05) is 42.5 Å². The molecule has 0 amide bonds. The molecule has 3 saturated heterocycles. The minimum Gasteiger partial charge on any atom is -0.743 e. The number of rotatable bonds is 29. The Kier molecular flexibility index (Phi) is 36.0. The van der Waals surface area contributed by atoms with Gasteiger partial charge in [0, 0.05) is 18.3 Å². The largest absolute Gasteiger partial charge is 0.743 e. The zero-order chi connectivity index (χ0) is 112. The number of carboxylic acid groups (broad SMARTS) is 1. The number of aliphatic hydroxyl groups is 1. The van der Waals surface area contributed by atoms with Crippen LogP contribution in [0.25, 0.3) is 0 Å². The maximum atomic E-state index is 13.5. The summed E-state index contributed by atoms with van der Waals surface area (Å²) in [6.45, 7) is 4.47. The van der Waals surface area contributed by atoms with E-state index < -0.39 is 279 Å². The van der Waals surface area contributed by atoms with E-state index in [9.17, 15) is 210 Å². The molecule has 16 atom stereocenters. The number of para-hydroxylation sites is 1. The normalized spacial score (nSPS) is 29.0. The number of phenolic OH excluding ortho intramolecular Hbond substituents is 1. The number of benzene rings is 3. The van der Waals surface area contributed by atoms with Crippen LogP contribution < -0.4 is 0 Å². The second-order valence-electron chi connectivity index (χ2n) is 38.1. The summed E-state index contributed by atoms with van der Waals surface area (Å²) in [6.07, 6.45) is -8.49. The molecule has 15 fully saturated rings. The van der Waals surface area contributed by atoms with Crippen LogP contribution in [0, 0.1) is 81.3 Å². The highest BCUT2D eigenvalue weighted by atomic mass is 32.2. The van der Waals surface area contributed by atoms with Crippen molar-refractivity contribution in [3.05, 3.63) is 101 Å². The van der Waals surface area contributed by atoms with E-state index in [4.69, 9.17) is 24.1 Å². The van der Waals surface area contributed by atoms with Gasteiger partial charge in [0.2, 0.25) is 0 Å². The number of alkyl halides is 14. The summed E-state index contributed by atoms with van der Waals surface area (Å²) in [6, 6.07) is 16.7. The van der Waals surface area contributed by atoms with Crippen LogP contribution in [0.15, 0.2) is 78.9 Å². The lowest BCUT2D eigenvalue weighted by Crippen LogP contribution is -2.57. The monoisotopic (exact) mass is 2280 g/mol. The predicted octanol–water partition coefficient (Wildman–Crippen LogP) is 7.87. The Bertz CT molecular complexity index is 6330. The smallest absolute Gasteiger partial charge is 0.370 e. The molecule has 15 aliphatic rings. The number of phenols is 1. The van der Waals surface area contributed by atoms with Crippen molar-refractivity contribution in [2.24, 2.45) is 81.3 Å². The predicted molar refractivity (Wildman–Crippen MR) is 451 cm³/mol. The number of hydrogen-bond donors (Lipinski definition) is 3. The van der Waals surface area contributed by atoms with Crippen molar-refractivity contribution in [3.8, 4) is 5.75 Å². The van der Waals surface area contributed by atoms with Crippen LogP contribution in [0.5, 0.6) is 5.75 Å². The van der Waals surface area contributed by atoms with E-state index >= 15 is 0 Å². The molecule has 148 heavy (non-hydrogen) atoms. The molecular weight excluding hydrogens is 2190 g/mol. The van der Waals surface area contributed by atoms with Crippen molar-refractivity contribution >= 4 is 130 Å². The Morgan fingerprint density at radius 2 is 0.642 bits per heavy atom. The molecular formula is C84H93F14O43S7-7. The van der Waals surface area contributed by atoms with Crippen molar-refractivity contribution in [1.29, 1.82) is 0 Å². The lowest BCUT2D eigenvalue weighted by atomic mass is 9.48. The van der Waals surface area contributed by atoms with Gasteiger partial charge in [0.05, 0.1) is 51.1 Å². The fraction of sp³-hybridized carbons (Fsp3) is 0.667. The number of carbonyl (C=O) groups is 10. The molecule has 3 heterocycles. The average Bonchev–Trinajstić information content (AvgIpc) is 0.916. The van der Waals surface area contributed by atoms with Gasteiger partial charge in [-0.15, -0.1) is 0 Å². The van der Waals surface area contributed by atoms with E-state index in [2.05, 4.69) is 23.7 Å². The molecule has 3 aromatic rings. The summed E-state index contributed by atoms with van der Waals surface area (Å²) < 4.78 is 448. The highest BCUT2D eigenvalue weighted by Crippen LogP contribution is 2.64. The second-order valence-corrected chi connectivity index (χ2v) is 48.2. The fourth-order valence-corrected chi connectivity index (χ4v) is 24.2. The summed E-state index contributed by atoms with van der Waals surface area (Å²) in [4.78, 5) is 118. The van der Waals surface area contributed by atoms with Crippen LogP contribution in [0.4, 0.5) is 61.5 Å². The number of ether oxygens (including phenoxy) is 9. The first-order valence-electron chi connectivity index (χ1n) is 44.2. The minimum atomic E-state index is -6.03. The molecule has 18 rings (SSSR count). The highest BCUT2D eigenvalue weighted by Gasteiger charge is 2.68. The van der Waals surface area contributed by atoms with E-state index in [0.29, 0.717) is 117 Å². The summed E-state index contributed by atoms with van der Waals surface area (Å²) in [7, 11) is -41.6. The van der Waals surface area contributed by atoms with Crippen LogP contribution in [0.1, 0.15) is 199 Å². The molecule has 14 bridgehead atoms. The average molecular weight is 2280 g/mol. The highest BCUT2D eigenvalue weighted by molar-refractivity contribution is 7.88. The van der Waals surface area contributed by atoms with E-state index in [1.165, 1.54) is 48.5 Å². The minimum absolute atomic E-state index is 0.0246. The molecule has 3 aliphatic heterocycles. The van der Waals surface area contributed by atoms with Gasteiger partial charge in [0.1, 0.15) is 35.2 Å².